The fourth-order valence-electron chi connectivity index (χ4n) is 2.41. The second kappa shape index (κ2) is 5.55. The van der Waals surface area contributed by atoms with Crippen LogP contribution in [0.2, 0.25) is 0 Å². The lowest BCUT2D eigenvalue weighted by atomic mass is 9.95. The molecule has 0 bridgehead atoms. The van der Waals surface area contributed by atoms with Gasteiger partial charge in [0, 0.05) is 11.3 Å². The van der Waals surface area contributed by atoms with E-state index in [-0.39, 0.29) is 0 Å². The molecule has 19 heavy (non-hydrogen) atoms. The Labute approximate surface area is 112 Å². The van der Waals surface area contributed by atoms with Crippen molar-refractivity contribution in [3.8, 4) is 0 Å². The molecular weight excluding hydrogens is 253 g/mol. The van der Waals surface area contributed by atoms with Crippen molar-refractivity contribution in [3.63, 3.8) is 0 Å². The summed E-state index contributed by atoms with van der Waals surface area (Å²) in [6.45, 7) is 5.78. The van der Waals surface area contributed by atoms with Crippen LogP contribution >= 0.6 is 0 Å². The van der Waals surface area contributed by atoms with Crippen molar-refractivity contribution in [2.75, 3.05) is 0 Å². The maximum atomic E-state index is 13.0. The molecule has 0 aliphatic heterocycles. The molecular formula is C14H19F3N2. The summed E-state index contributed by atoms with van der Waals surface area (Å²) in [6.07, 6.45) is 1.36. The highest BCUT2D eigenvalue weighted by Gasteiger charge is 2.39. The number of hydrogen-bond donors (Lipinski definition) is 0. The van der Waals surface area contributed by atoms with E-state index in [4.69, 9.17) is 0 Å². The van der Waals surface area contributed by atoms with Crippen molar-refractivity contribution < 1.29 is 13.2 Å². The zero-order valence-electron chi connectivity index (χ0n) is 11.3. The third kappa shape index (κ3) is 3.12. The van der Waals surface area contributed by atoms with Crippen molar-refractivity contribution in [2.24, 2.45) is 5.92 Å². The molecule has 1 atom stereocenters. The average molecular weight is 272 g/mol. The molecule has 0 amide bonds. The van der Waals surface area contributed by atoms with Gasteiger partial charge in [-0.1, -0.05) is 13.8 Å². The van der Waals surface area contributed by atoms with Gasteiger partial charge in [-0.05, 0) is 44.4 Å². The van der Waals surface area contributed by atoms with E-state index >= 15 is 0 Å². The summed E-state index contributed by atoms with van der Waals surface area (Å²) >= 11 is 0. The van der Waals surface area contributed by atoms with Gasteiger partial charge in [-0.3, -0.25) is 4.68 Å². The standard InChI is InChI=1S/C14H19F3N2/c1-3-10(2)8-9-19-12-7-5-4-6-11(12)13(18-19)14(15,16)17/h3,9-10H,4-8H2,1-2H3. The van der Waals surface area contributed by atoms with E-state index in [2.05, 4.69) is 5.10 Å². The van der Waals surface area contributed by atoms with E-state index in [0.29, 0.717) is 30.7 Å². The lowest BCUT2D eigenvalue weighted by Gasteiger charge is -2.15. The van der Waals surface area contributed by atoms with Crippen LogP contribution in [0.4, 0.5) is 13.2 Å². The highest BCUT2D eigenvalue weighted by Crippen LogP contribution is 2.36. The minimum atomic E-state index is -4.34. The van der Waals surface area contributed by atoms with Crippen molar-refractivity contribution in [1.29, 1.82) is 0 Å². The normalized spacial score (nSPS) is 17.3. The molecule has 0 N–H and O–H groups in total. The molecule has 0 saturated heterocycles. The first-order chi connectivity index (χ1) is 8.93. The Balaban J connectivity index is 2.26. The number of nitrogens with zero attached hydrogens (tertiary/aromatic N) is 2. The highest BCUT2D eigenvalue weighted by molar-refractivity contribution is 5.31. The van der Waals surface area contributed by atoms with Crippen LogP contribution in [0, 0.1) is 18.9 Å². The van der Waals surface area contributed by atoms with Gasteiger partial charge in [0.15, 0.2) is 5.69 Å². The summed E-state index contributed by atoms with van der Waals surface area (Å²) < 4.78 is 40.3. The van der Waals surface area contributed by atoms with Gasteiger partial charge in [-0.15, -0.1) is 0 Å². The molecule has 1 aromatic heterocycles. The SMILES string of the molecule is C[CH]C(C)C[CH]n1nc(C(F)(F)F)c2c1CCCC2. The second-order valence-electron chi connectivity index (χ2n) is 5.15. The molecule has 1 aliphatic rings. The Hall–Kier alpha value is -1.00. The van der Waals surface area contributed by atoms with Crippen LogP contribution in [0.5, 0.6) is 0 Å². The lowest BCUT2D eigenvalue weighted by molar-refractivity contribution is -0.142. The summed E-state index contributed by atoms with van der Waals surface area (Å²) in [7, 11) is 0. The summed E-state index contributed by atoms with van der Waals surface area (Å²) in [4.78, 5) is 0. The summed E-state index contributed by atoms with van der Waals surface area (Å²) in [5, 5.41) is 3.79. The minimum absolute atomic E-state index is 0.345. The third-order valence-corrected chi connectivity index (χ3v) is 3.70. The van der Waals surface area contributed by atoms with Crippen LogP contribution in [-0.4, -0.2) is 9.78 Å². The van der Waals surface area contributed by atoms with Gasteiger partial charge in [0.25, 0.3) is 0 Å². The Morgan fingerprint density at radius 3 is 2.63 bits per heavy atom. The first-order valence-corrected chi connectivity index (χ1v) is 6.73. The molecule has 1 aromatic rings. The van der Waals surface area contributed by atoms with Crippen LogP contribution in [0.25, 0.3) is 0 Å². The fourth-order valence-corrected chi connectivity index (χ4v) is 2.41. The van der Waals surface area contributed by atoms with Crippen LogP contribution in [0.15, 0.2) is 0 Å². The zero-order valence-corrected chi connectivity index (χ0v) is 11.3. The molecule has 2 rings (SSSR count). The first-order valence-electron chi connectivity index (χ1n) is 6.73. The Morgan fingerprint density at radius 2 is 2.00 bits per heavy atom. The molecule has 0 saturated carbocycles. The van der Waals surface area contributed by atoms with E-state index in [1.165, 1.54) is 4.68 Å². The van der Waals surface area contributed by atoms with E-state index in [0.717, 1.165) is 18.5 Å². The van der Waals surface area contributed by atoms with Gasteiger partial charge in [0.1, 0.15) is 0 Å². The van der Waals surface area contributed by atoms with Crippen molar-refractivity contribution in [2.45, 2.75) is 52.1 Å². The minimum Gasteiger partial charge on any atom is -0.263 e. The molecule has 5 heteroatoms. The van der Waals surface area contributed by atoms with Crippen molar-refractivity contribution in [3.05, 3.63) is 29.9 Å². The van der Waals surface area contributed by atoms with Crippen LogP contribution < -0.4 is 0 Å². The molecule has 0 spiro atoms. The van der Waals surface area contributed by atoms with Gasteiger partial charge >= 0.3 is 6.18 Å². The molecule has 0 aromatic carbocycles. The molecule has 1 heterocycles. The average Bonchev–Trinajstić information content (AvgIpc) is 2.75. The Kier molecular flexibility index (Phi) is 4.21. The maximum Gasteiger partial charge on any atom is 0.435 e. The number of rotatable bonds is 4. The van der Waals surface area contributed by atoms with E-state index in [1.807, 2.05) is 20.3 Å². The lowest BCUT2D eigenvalue weighted by Crippen LogP contribution is -2.11. The monoisotopic (exact) mass is 272 g/mol. The fraction of sp³-hybridized carbons (Fsp3) is 0.643. The van der Waals surface area contributed by atoms with Crippen molar-refractivity contribution >= 4 is 0 Å². The maximum absolute atomic E-state index is 13.0. The van der Waals surface area contributed by atoms with E-state index in [9.17, 15) is 13.2 Å². The third-order valence-electron chi connectivity index (χ3n) is 3.70. The van der Waals surface area contributed by atoms with Gasteiger partial charge in [0.2, 0.25) is 0 Å². The van der Waals surface area contributed by atoms with E-state index < -0.39 is 11.9 Å². The molecule has 2 nitrogen and oxygen atoms in total. The smallest absolute Gasteiger partial charge is 0.263 e. The van der Waals surface area contributed by atoms with Gasteiger partial charge in [-0.25, -0.2) is 0 Å². The van der Waals surface area contributed by atoms with Crippen LogP contribution in [0.3, 0.4) is 0 Å². The summed E-state index contributed by atoms with van der Waals surface area (Å²) in [6, 6.07) is 0. The number of alkyl halides is 3. The molecule has 0 fully saturated rings. The predicted molar refractivity (Wildman–Crippen MR) is 67.3 cm³/mol. The predicted octanol–water partition coefficient (Wildman–Crippen LogP) is 4.04. The van der Waals surface area contributed by atoms with Gasteiger partial charge in [-0.2, -0.15) is 18.3 Å². The van der Waals surface area contributed by atoms with Crippen LogP contribution in [0.1, 0.15) is 50.1 Å². The zero-order chi connectivity index (χ0) is 14.0. The molecule has 2 radical (unpaired) electrons. The van der Waals surface area contributed by atoms with E-state index in [1.54, 1.807) is 6.54 Å². The Bertz CT molecular complexity index is 435. The quantitative estimate of drug-likeness (QED) is 0.808. The number of halogens is 3. The second-order valence-corrected chi connectivity index (χ2v) is 5.15. The van der Waals surface area contributed by atoms with Gasteiger partial charge < -0.3 is 0 Å². The topological polar surface area (TPSA) is 17.8 Å². The number of aromatic nitrogens is 2. The van der Waals surface area contributed by atoms with Crippen molar-refractivity contribution in [1.82, 2.24) is 9.78 Å². The number of fused-ring (bicyclic) bond motifs is 1. The Morgan fingerprint density at radius 1 is 1.32 bits per heavy atom. The summed E-state index contributed by atoms with van der Waals surface area (Å²) in [5.41, 5.74) is 0.469. The van der Waals surface area contributed by atoms with Crippen LogP contribution in [-0.2, 0) is 19.0 Å². The summed E-state index contributed by atoms with van der Waals surface area (Å²) in [5.74, 6) is 0.345. The number of hydrogen-bond acceptors (Lipinski definition) is 1. The highest BCUT2D eigenvalue weighted by atomic mass is 19.4. The molecule has 1 unspecified atom stereocenters. The molecule has 1 aliphatic carbocycles. The largest absolute Gasteiger partial charge is 0.435 e. The first kappa shape index (κ1) is 14.4. The van der Waals surface area contributed by atoms with Gasteiger partial charge in [0.05, 0.1) is 6.54 Å². The molecule has 106 valence electrons.